The van der Waals surface area contributed by atoms with Crippen molar-refractivity contribution >= 4 is 22.6 Å². The van der Waals surface area contributed by atoms with Gasteiger partial charge in [-0.15, -0.1) is 0 Å². The third kappa shape index (κ3) is 3.40. The Kier molecular flexibility index (Phi) is 4.10. The van der Waals surface area contributed by atoms with Crippen LogP contribution < -0.4 is 4.74 Å². The lowest BCUT2D eigenvalue weighted by Gasteiger charge is -2.09. The Bertz CT molecular complexity index is 313. The van der Waals surface area contributed by atoms with Crippen molar-refractivity contribution in [3.05, 3.63) is 33.3 Å². The van der Waals surface area contributed by atoms with Gasteiger partial charge in [-0.25, -0.2) is 0 Å². The maximum atomic E-state index is 12.0. The van der Waals surface area contributed by atoms with Gasteiger partial charge < -0.3 is 4.74 Å². The fraction of sp³-hybridized carbons (Fsp3) is 0.300. The Balaban J connectivity index is 2.95. The zero-order valence-corrected chi connectivity index (χ0v) is 10.0. The summed E-state index contributed by atoms with van der Waals surface area (Å²) in [5.74, 6) is 1.28. The van der Waals surface area contributed by atoms with Crippen LogP contribution in [0.4, 0.5) is 8.78 Å². The number of ether oxygens (including phenoxy) is 1. The highest BCUT2D eigenvalue weighted by Crippen LogP contribution is 2.24. The molecule has 0 aromatic heterocycles. The Labute approximate surface area is 95.6 Å². The molecule has 0 aliphatic carbocycles. The summed E-state index contributed by atoms with van der Waals surface area (Å²) in [5, 5.41) is 0. The van der Waals surface area contributed by atoms with Crippen LogP contribution in [0.5, 0.6) is 5.75 Å². The van der Waals surface area contributed by atoms with Crippen LogP contribution in [0.25, 0.3) is 0 Å². The van der Waals surface area contributed by atoms with Gasteiger partial charge in [0.15, 0.2) is 0 Å². The number of rotatable bonds is 3. The lowest BCUT2D eigenvalue weighted by molar-refractivity contribution is -0.0499. The van der Waals surface area contributed by atoms with Gasteiger partial charge in [-0.2, -0.15) is 8.78 Å². The van der Waals surface area contributed by atoms with Gasteiger partial charge >= 0.3 is 6.61 Å². The van der Waals surface area contributed by atoms with Crippen LogP contribution >= 0.6 is 22.6 Å². The van der Waals surface area contributed by atoms with E-state index in [1.807, 2.05) is 19.9 Å². The van der Waals surface area contributed by atoms with Crippen LogP contribution in [0, 0.1) is 9.49 Å². The molecule has 0 N–H and O–H groups in total. The van der Waals surface area contributed by atoms with Gasteiger partial charge in [0.1, 0.15) is 5.75 Å². The summed E-state index contributed by atoms with van der Waals surface area (Å²) >= 11 is 2.07. The second kappa shape index (κ2) is 4.91. The second-order valence-corrected chi connectivity index (χ2v) is 4.30. The van der Waals surface area contributed by atoms with E-state index >= 15 is 0 Å². The number of hydrogen-bond acceptors (Lipinski definition) is 1. The maximum absolute atomic E-state index is 12.0. The molecule has 4 heteroatoms. The van der Waals surface area contributed by atoms with E-state index in [4.69, 9.17) is 0 Å². The van der Waals surface area contributed by atoms with Gasteiger partial charge in [0.05, 0.1) is 0 Å². The topological polar surface area (TPSA) is 9.23 Å². The molecular weight excluding hydrogens is 301 g/mol. The van der Waals surface area contributed by atoms with Crippen LogP contribution in [-0.2, 0) is 0 Å². The summed E-state index contributed by atoms with van der Waals surface area (Å²) in [5.41, 5.74) is 0.924. The van der Waals surface area contributed by atoms with Gasteiger partial charge in [0, 0.05) is 3.57 Å². The van der Waals surface area contributed by atoms with Gasteiger partial charge in [-0.1, -0.05) is 13.8 Å². The normalized spacial score (nSPS) is 11.1. The average Bonchev–Trinajstić information content (AvgIpc) is 2.01. The summed E-state index contributed by atoms with van der Waals surface area (Å²) in [7, 11) is 0. The molecule has 0 atom stereocenters. The molecule has 0 unspecified atom stereocenters. The largest absolute Gasteiger partial charge is 0.435 e. The molecule has 1 aromatic rings. The van der Waals surface area contributed by atoms with Gasteiger partial charge in [-0.3, -0.25) is 0 Å². The van der Waals surface area contributed by atoms with E-state index in [2.05, 4.69) is 27.3 Å². The first-order chi connectivity index (χ1) is 6.49. The van der Waals surface area contributed by atoms with Gasteiger partial charge in [-0.05, 0) is 52.3 Å². The Morgan fingerprint density at radius 3 is 2.43 bits per heavy atom. The number of benzene rings is 1. The minimum Gasteiger partial charge on any atom is -0.435 e. The molecule has 0 spiro atoms. The van der Waals surface area contributed by atoms with E-state index in [0.717, 1.165) is 15.1 Å². The summed E-state index contributed by atoms with van der Waals surface area (Å²) in [4.78, 5) is 0. The Morgan fingerprint density at radius 1 is 1.29 bits per heavy atom. The summed E-state index contributed by atoms with van der Waals surface area (Å²) in [6, 6.07) is 5.12. The van der Waals surface area contributed by atoms with E-state index in [1.165, 1.54) is 0 Å². The molecule has 0 bridgehead atoms. The molecule has 1 rings (SSSR count). The summed E-state index contributed by atoms with van der Waals surface area (Å²) in [6.45, 7) is 1.09. The molecule has 0 fully saturated rings. The maximum Gasteiger partial charge on any atom is 0.387 e. The number of halogens is 3. The number of hydrogen-bond donors (Lipinski definition) is 0. The highest BCUT2D eigenvalue weighted by Gasteiger charge is 2.08. The first kappa shape index (κ1) is 11.7. The lowest BCUT2D eigenvalue weighted by atomic mass is 10.0. The van der Waals surface area contributed by atoms with Crippen molar-refractivity contribution in [2.24, 2.45) is 0 Å². The minimum absolute atomic E-state index is 0.211. The monoisotopic (exact) mass is 311 g/mol. The molecule has 0 amide bonds. The van der Waals surface area contributed by atoms with Crippen molar-refractivity contribution < 1.29 is 13.5 Å². The molecule has 0 aliphatic heterocycles. The minimum atomic E-state index is -2.77. The SMILES string of the molecule is C[C](C)c1cc(I)cc(OC(F)F)c1. The highest BCUT2D eigenvalue weighted by atomic mass is 127. The number of alkyl halides is 2. The zero-order valence-electron chi connectivity index (χ0n) is 7.85. The van der Waals surface area contributed by atoms with E-state index in [1.54, 1.807) is 12.1 Å². The molecule has 1 aromatic carbocycles. The van der Waals surface area contributed by atoms with Gasteiger partial charge in [0.25, 0.3) is 0 Å². The van der Waals surface area contributed by atoms with Crippen molar-refractivity contribution in [2.75, 3.05) is 0 Å². The first-order valence-electron chi connectivity index (χ1n) is 4.05. The third-order valence-electron chi connectivity index (χ3n) is 1.67. The molecule has 0 aliphatic rings. The predicted octanol–water partition coefficient (Wildman–Crippen LogP) is 3.85. The van der Waals surface area contributed by atoms with Crippen LogP contribution in [0.3, 0.4) is 0 Å². The Morgan fingerprint density at radius 2 is 1.93 bits per heavy atom. The van der Waals surface area contributed by atoms with Crippen LogP contribution in [0.1, 0.15) is 19.4 Å². The molecular formula is C10H10F2IO. The van der Waals surface area contributed by atoms with Gasteiger partial charge in [0.2, 0.25) is 0 Å². The Hall–Kier alpha value is -0.390. The summed E-state index contributed by atoms with van der Waals surface area (Å²) < 4.78 is 29.1. The highest BCUT2D eigenvalue weighted by molar-refractivity contribution is 14.1. The van der Waals surface area contributed by atoms with Crippen molar-refractivity contribution in [1.82, 2.24) is 0 Å². The van der Waals surface area contributed by atoms with E-state index < -0.39 is 6.61 Å². The van der Waals surface area contributed by atoms with Crippen LogP contribution in [0.15, 0.2) is 18.2 Å². The second-order valence-electron chi connectivity index (χ2n) is 3.05. The van der Waals surface area contributed by atoms with E-state index in [9.17, 15) is 8.78 Å². The summed E-state index contributed by atoms with van der Waals surface area (Å²) in [6.07, 6.45) is 0. The van der Waals surface area contributed by atoms with Crippen molar-refractivity contribution in [1.29, 1.82) is 0 Å². The molecule has 0 heterocycles. The van der Waals surface area contributed by atoms with E-state index in [-0.39, 0.29) is 5.75 Å². The quantitative estimate of drug-likeness (QED) is 0.770. The molecule has 1 radical (unpaired) electrons. The molecule has 0 saturated heterocycles. The van der Waals surface area contributed by atoms with Crippen molar-refractivity contribution in [3.8, 4) is 5.75 Å². The van der Waals surface area contributed by atoms with Crippen molar-refractivity contribution in [2.45, 2.75) is 20.5 Å². The molecule has 77 valence electrons. The van der Waals surface area contributed by atoms with Crippen LogP contribution in [0.2, 0.25) is 0 Å². The predicted molar refractivity (Wildman–Crippen MR) is 59.5 cm³/mol. The fourth-order valence-corrected chi connectivity index (χ4v) is 1.66. The molecule has 0 saturated carbocycles. The smallest absolute Gasteiger partial charge is 0.387 e. The fourth-order valence-electron chi connectivity index (χ4n) is 1.02. The lowest BCUT2D eigenvalue weighted by Crippen LogP contribution is -2.03. The standard InChI is InChI=1S/C10H10F2IO/c1-6(2)7-3-8(13)5-9(4-7)14-10(11)12/h3-5,10H,1-2H3. The molecule has 14 heavy (non-hydrogen) atoms. The van der Waals surface area contributed by atoms with Crippen LogP contribution in [-0.4, -0.2) is 6.61 Å². The zero-order chi connectivity index (χ0) is 10.7. The third-order valence-corrected chi connectivity index (χ3v) is 2.30. The molecule has 1 nitrogen and oxygen atoms in total. The average molecular weight is 311 g/mol. The first-order valence-corrected chi connectivity index (χ1v) is 5.13. The van der Waals surface area contributed by atoms with Crippen molar-refractivity contribution in [3.63, 3.8) is 0 Å². The van der Waals surface area contributed by atoms with E-state index in [0.29, 0.717) is 0 Å².